The van der Waals surface area contributed by atoms with E-state index in [2.05, 4.69) is 10.0 Å². The van der Waals surface area contributed by atoms with Crippen molar-refractivity contribution in [2.45, 2.75) is 6.54 Å². The van der Waals surface area contributed by atoms with E-state index in [0.717, 1.165) is 6.26 Å². The van der Waals surface area contributed by atoms with Crippen LogP contribution >= 0.6 is 11.6 Å². The Morgan fingerprint density at radius 2 is 1.81 bits per heavy atom. The fourth-order valence-corrected chi connectivity index (χ4v) is 2.59. The summed E-state index contributed by atoms with van der Waals surface area (Å²) in [5, 5.41) is 3.39. The van der Waals surface area contributed by atoms with Crippen molar-refractivity contribution in [2.24, 2.45) is 0 Å². The average molecular weight is 329 g/mol. The smallest absolute Gasteiger partial charge is 0.229 e. The summed E-state index contributed by atoms with van der Waals surface area (Å²) in [5.41, 5.74) is 1.77. The molecule has 0 aliphatic carbocycles. The van der Waals surface area contributed by atoms with Crippen molar-refractivity contribution in [1.82, 2.24) is 0 Å². The Labute approximate surface area is 128 Å². The van der Waals surface area contributed by atoms with Crippen LogP contribution < -0.4 is 10.0 Å². The molecule has 0 aliphatic heterocycles. The van der Waals surface area contributed by atoms with E-state index in [4.69, 9.17) is 11.6 Å². The van der Waals surface area contributed by atoms with E-state index in [-0.39, 0.29) is 0 Å². The van der Waals surface area contributed by atoms with Crippen LogP contribution in [0, 0.1) is 5.82 Å². The molecule has 0 aliphatic rings. The molecule has 0 spiro atoms. The van der Waals surface area contributed by atoms with Gasteiger partial charge in [0.25, 0.3) is 0 Å². The summed E-state index contributed by atoms with van der Waals surface area (Å²) in [6.45, 7) is 0.349. The maximum atomic E-state index is 13.0. The maximum absolute atomic E-state index is 13.0. The number of halogens is 2. The highest BCUT2D eigenvalue weighted by Crippen LogP contribution is 2.24. The molecule has 0 atom stereocenters. The summed E-state index contributed by atoms with van der Waals surface area (Å²) in [4.78, 5) is 0. The van der Waals surface area contributed by atoms with Crippen molar-refractivity contribution in [2.75, 3.05) is 16.3 Å². The van der Waals surface area contributed by atoms with Gasteiger partial charge in [-0.15, -0.1) is 0 Å². The van der Waals surface area contributed by atoms with E-state index in [9.17, 15) is 12.8 Å². The molecule has 0 unspecified atom stereocenters. The van der Waals surface area contributed by atoms with Gasteiger partial charge in [-0.05, 0) is 29.8 Å². The molecular formula is C14H14ClFN2O2S. The first-order chi connectivity index (χ1) is 9.85. The quantitative estimate of drug-likeness (QED) is 0.883. The van der Waals surface area contributed by atoms with Crippen LogP contribution in [0.2, 0.25) is 5.02 Å². The van der Waals surface area contributed by atoms with Crippen LogP contribution in [0.25, 0.3) is 0 Å². The van der Waals surface area contributed by atoms with Crippen LogP contribution in [0.3, 0.4) is 0 Å². The summed E-state index contributed by atoms with van der Waals surface area (Å²) >= 11 is 5.95. The molecule has 0 amide bonds. The van der Waals surface area contributed by atoms with Crippen LogP contribution in [-0.4, -0.2) is 14.7 Å². The van der Waals surface area contributed by atoms with Crippen molar-refractivity contribution in [3.63, 3.8) is 0 Å². The number of anilines is 2. The molecule has 2 rings (SSSR count). The molecule has 0 saturated carbocycles. The zero-order chi connectivity index (χ0) is 15.5. The minimum absolute atomic E-state index is 0.316. The standard InChI is InChI=1S/C14H14ClFN2O2S/c1-21(19,20)18-14-5-3-2-4-13(14)17-9-10-6-7-11(16)8-12(10)15/h2-8,17-18H,9H2,1H3. The molecule has 0 aromatic heterocycles. The van der Waals surface area contributed by atoms with Crippen LogP contribution in [0.5, 0.6) is 0 Å². The molecule has 2 aromatic carbocycles. The molecule has 0 heterocycles. The third-order valence-corrected chi connectivity index (χ3v) is 3.65. The van der Waals surface area contributed by atoms with Gasteiger partial charge in [-0.25, -0.2) is 12.8 Å². The minimum Gasteiger partial charge on any atom is -0.379 e. The van der Waals surface area contributed by atoms with Crippen molar-refractivity contribution in [3.05, 3.63) is 58.9 Å². The highest BCUT2D eigenvalue weighted by atomic mass is 35.5. The lowest BCUT2D eigenvalue weighted by molar-refractivity contribution is 0.607. The summed E-state index contributed by atoms with van der Waals surface area (Å²) in [6.07, 6.45) is 1.08. The lowest BCUT2D eigenvalue weighted by Gasteiger charge is -2.13. The normalized spacial score (nSPS) is 11.2. The Morgan fingerprint density at radius 1 is 1.14 bits per heavy atom. The number of rotatable bonds is 5. The van der Waals surface area contributed by atoms with Crippen molar-refractivity contribution in [1.29, 1.82) is 0 Å². The monoisotopic (exact) mass is 328 g/mol. The van der Waals surface area contributed by atoms with E-state index in [1.807, 2.05) is 0 Å². The molecule has 21 heavy (non-hydrogen) atoms. The first-order valence-electron chi connectivity index (χ1n) is 6.10. The Hall–Kier alpha value is -1.79. The number of benzene rings is 2. The molecule has 4 nitrogen and oxygen atoms in total. The first-order valence-corrected chi connectivity index (χ1v) is 8.37. The van der Waals surface area contributed by atoms with Gasteiger partial charge in [0.15, 0.2) is 0 Å². The first kappa shape index (κ1) is 15.6. The molecule has 0 bridgehead atoms. The van der Waals surface area contributed by atoms with Crippen LogP contribution in [0.4, 0.5) is 15.8 Å². The van der Waals surface area contributed by atoms with Gasteiger partial charge in [0.1, 0.15) is 5.82 Å². The van der Waals surface area contributed by atoms with E-state index in [0.29, 0.717) is 28.5 Å². The Morgan fingerprint density at radius 3 is 2.43 bits per heavy atom. The summed E-state index contributed by atoms with van der Waals surface area (Å²) < 4.78 is 38.0. The van der Waals surface area contributed by atoms with Gasteiger partial charge in [-0.1, -0.05) is 29.8 Å². The zero-order valence-corrected chi connectivity index (χ0v) is 12.8. The van der Waals surface area contributed by atoms with Crippen LogP contribution in [0.1, 0.15) is 5.56 Å². The summed E-state index contributed by atoms with van der Waals surface area (Å²) in [7, 11) is -3.36. The van der Waals surface area contributed by atoms with Crippen molar-refractivity contribution >= 4 is 33.0 Å². The highest BCUT2D eigenvalue weighted by Gasteiger charge is 2.08. The molecule has 0 radical (unpaired) electrons. The molecule has 112 valence electrons. The van der Waals surface area contributed by atoms with E-state index >= 15 is 0 Å². The largest absolute Gasteiger partial charge is 0.379 e. The van der Waals surface area contributed by atoms with Crippen LogP contribution in [0.15, 0.2) is 42.5 Å². The molecule has 2 aromatic rings. The number of sulfonamides is 1. The SMILES string of the molecule is CS(=O)(=O)Nc1ccccc1NCc1ccc(F)cc1Cl. The average Bonchev–Trinajstić information content (AvgIpc) is 2.37. The minimum atomic E-state index is -3.36. The van der Waals surface area contributed by atoms with Crippen molar-refractivity contribution < 1.29 is 12.8 Å². The lowest BCUT2D eigenvalue weighted by Crippen LogP contribution is -2.12. The maximum Gasteiger partial charge on any atom is 0.229 e. The number of hydrogen-bond acceptors (Lipinski definition) is 3. The molecule has 2 N–H and O–H groups in total. The highest BCUT2D eigenvalue weighted by molar-refractivity contribution is 7.92. The van der Waals surface area contributed by atoms with E-state index in [1.165, 1.54) is 12.1 Å². The van der Waals surface area contributed by atoms with Crippen LogP contribution in [-0.2, 0) is 16.6 Å². The lowest BCUT2D eigenvalue weighted by atomic mass is 10.2. The van der Waals surface area contributed by atoms with Gasteiger partial charge in [0, 0.05) is 11.6 Å². The Balaban J connectivity index is 2.16. The van der Waals surface area contributed by atoms with Gasteiger partial charge in [0.05, 0.1) is 17.6 Å². The Kier molecular flexibility index (Phi) is 4.69. The van der Waals surface area contributed by atoms with Gasteiger partial charge < -0.3 is 5.32 Å². The molecule has 0 saturated heterocycles. The fraction of sp³-hybridized carbons (Fsp3) is 0.143. The zero-order valence-electron chi connectivity index (χ0n) is 11.2. The topological polar surface area (TPSA) is 58.2 Å². The fourth-order valence-electron chi connectivity index (χ4n) is 1.78. The number of nitrogens with one attached hydrogen (secondary N) is 2. The molecule has 0 fully saturated rings. The third kappa shape index (κ3) is 4.61. The summed E-state index contributed by atoms with van der Waals surface area (Å²) in [6, 6.07) is 11.0. The van der Waals surface area contributed by atoms with Gasteiger partial charge in [-0.3, -0.25) is 4.72 Å². The summed E-state index contributed by atoms with van der Waals surface area (Å²) in [5.74, 6) is -0.400. The third-order valence-electron chi connectivity index (χ3n) is 2.71. The van der Waals surface area contributed by atoms with E-state index < -0.39 is 15.8 Å². The second kappa shape index (κ2) is 6.32. The number of para-hydroxylation sites is 2. The molecule has 7 heteroatoms. The second-order valence-corrected chi connectivity index (χ2v) is 6.66. The van der Waals surface area contributed by atoms with Gasteiger partial charge in [-0.2, -0.15) is 0 Å². The van der Waals surface area contributed by atoms with Gasteiger partial charge in [0.2, 0.25) is 10.0 Å². The van der Waals surface area contributed by atoms with Gasteiger partial charge >= 0.3 is 0 Å². The van der Waals surface area contributed by atoms with E-state index in [1.54, 1.807) is 30.3 Å². The predicted molar refractivity (Wildman–Crippen MR) is 83.6 cm³/mol. The van der Waals surface area contributed by atoms with Crippen molar-refractivity contribution in [3.8, 4) is 0 Å². The predicted octanol–water partition coefficient (Wildman–Crippen LogP) is 3.46. The Bertz CT molecular complexity index is 750. The molecular weight excluding hydrogens is 315 g/mol. The number of hydrogen-bond donors (Lipinski definition) is 2. The second-order valence-electron chi connectivity index (χ2n) is 4.51.